The van der Waals surface area contributed by atoms with E-state index in [0.717, 1.165) is 5.56 Å². The number of benzene rings is 2. The number of thioether (sulfide) groups is 1. The molecule has 12 heteroatoms. The average Bonchev–Trinajstić information content (AvgIpc) is 3.53. The Labute approximate surface area is 237 Å². The van der Waals surface area contributed by atoms with Gasteiger partial charge in [-0.15, -0.1) is 28.1 Å². The van der Waals surface area contributed by atoms with Crippen molar-refractivity contribution >= 4 is 51.6 Å². The number of nitrogens with zero attached hydrogens (tertiary/aromatic N) is 3. The van der Waals surface area contributed by atoms with Gasteiger partial charge in [0.25, 0.3) is 0 Å². The van der Waals surface area contributed by atoms with Crippen LogP contribution in [-0.2, 0) is 16.1 Å². The number of thiophene rings is 1. The topological polar surface area (TPSA) is 95.3 Å². The number of hydrogen-bond donors (Lipinski definition) is 1. The quantitative estimate of drug-likeness (QED) is 0.119. The summed E-state index contributed by atoms with van der Waals surface area (Å²) in [6.45, 7) is 5.92. The highest BCUT2D eigenvalue weighted by molar-refractivity contribution is 7.99. The number of amides is 1. The van der Waals surface area contributed by atoms with Gasteiger partial charge in [0.05, 0.1) is 17.9 Å². The maximum Gasteiger partial charge on any atom is 0.341 e. The zero-order valence-electron chi connectivity index (χ0n) is 21.0. The molecule has 0 saturated heterocycles. The Bertz CT molecular complexity index is 1490. The second-order valence-corrected chi connectivity index (χ2v) is 10.4. The van der Waals surface area contributed by atoms with Crippen LogP contribution in [0.2, 0.25) is 5.02 Å². The number of esters is 1. The van der Waals surface area contributed by atoms with Gasteiger partial charge < -0.3 is 14.8 Å². The summed E-state index contributed by atoms with van der Waals surface area (Å²) in [6, 6.07) is 13.3. The molecule has 0 radical (unpaired) electrons. The van der Waals surface area contributed by atoms with Gasteiger partial charge >= 0.3 is 5.97 Å². The molecule has 0 aliphatic carbocycles. The second kappa shape index (κ2) is 12.9. The summed E-state index contributed by atoms with van der Waals surface area (Å²) >= 11 is 8.52. The van der Waals surface area contributed by atoms with Crippen molar-refractivity contribution in [1.82, 2.24) is 14.8 Å². The van der Waals surface area contributed by atoms with Crippen molar-refractivity contribution in [1.29, 1.82) is 0 Å². The van der Waals surface area contributed by atoms with E-state index in [1.165, 1.54) is 48.4 Å². The van der Waals surface area contributed by atoms with Crippen LogP contribution in [-0.4, -0.2) is 39.5 Å². The fourth-order valence-electron chi connectivity index (χ4n) is 3.70. The Morgan fingerprint density at radius 1 is 1.26 bits per heavy atom. The predicted octanol–water partition coefficient (Wildman–Crippen LogP) is 6.64. The van der Waals surface area contributed by atoms with Crippen LogP contribution in [0.4, 0.5) is 9.39 Å². The fraction of sp³-hybridized carbons (Fsp3) is 0.185. The third kappa shape index (κ3) is 6.67. The first-order valence-corrected chi connectivity index (χ1v) is 13.9. The molecule has 0 bridgehead atoms. The number of carbonyl (C=O) groups is 2. The van der Waals surface area contributed by atoms with E-state index in [4.69, 9.17) is 21.1 Å². The van der Waals surface area contributed by atoms with Crippen molar-refractivity contribution in [3.63, 3.8) is 0 Å². The van der Waals surface area contributed by atoms with Crippen LogP contribution in [0.15, 0.2) is 71.7 Å². The highest BCUT2D eigenvalue weighted by Crippen LogP contribution is 2.36. The molecule has 2 heterocycles. The van der Waals surface area contributed by atoms with Gasteiger partial charge in [-0.2, -0.15) is 0 Å². The minimum Gasteiger partial charge on any atom is -0.481 e. The van der Waals surface area contributed by atoms with E-state index < -0.39 is 17.9 Å². The number of hydrogen-bond acceptors (Lipinski definition) is 8. The molecule has 8 nitrogen and oxygen atoms in total. The first-order valence-electron chi connectivity index (χ1n) is 11.7. The van der Waals surface area contributed by atoms with Crippen molar-refractivity contribution in [2.75, 3.05) is 18.2 Å². The predicted molar refractivity (Wildman–Crippen MR) is 151 cm³/mol. The van der Waals surface area contributed by atoms with E-state index in [2.05, 4.69) is 22.1 Å². The zero-order valence-corrected chi connectivity index (χ0v) is 23.4. The van der Waals surface area contributed by atoms with E-state index in [1.807, 2.05) is 35.7 Å². The molecular formula is C27H24ClFN4O4S2. The van der Waals surface area contributed by atoms with Crippen molar-refractivity contribution in [3.05, 3.63) is 88.8 Å². The first-order chi connectivity index (χ1) is 18.8. The molecule has 2 aromatic heterocycles. The van der Waals surface area contributed by atoms with Crippen LogP contribution in [0.25, 0.3) is 11.1 Å². The molecule has 202 valence electrons. The van der Waals surface area contributed by atoms with Gasteiger partial charge in [-0.1, -0.05) is 59.8 Å². The summed E-state index contributed by atoms with van der Waals surface area (Å²) in [6.07, 6.45) is 1.10. The van der Waals surface area contributed by atoms with E-state index in [9.17, 15) is 14.0 Å². The summed E-state index contributed by atoms with van der Waals surface area (Å²) < 4.78 is 26.0. The van der Waals surface area contributed by atoms with Gasteiger partial charge in [-0.05, 0) is 30.7 Å². The molecule has 39 heavy (non-hydrogen) atoms. The van der Waals surface area contributed by atoms with Gasteiger partial charge in [-0.25, -0.2) is 9.18 Å². The monoisotopic (exact) mass is 586 g/mol. The third-order valence-electron chi connectivity index (χ3n) is 5.47. The minimum absolute atomic E-state index is 0.00743. The number of halogens is 2. The molecule has 1 unspecified atom stereocenters. The fourth-order valence-corrected chi connectivity index (χ4v) is 5.64. The van der Waals surface area contributed by atoms with Gasteiger partial charge in [0, 0.05) is 17.5 Å². The molecule has 2 aromatic carbocycles. The summed E-state index contributed by atoms with van der Waals surface area (Å²) in [5.74, 6) is -0.541. The van der Waals surface area contributed by atoms with Gasteiger partial charge in [-0.3, -0.25) is 9.36 Å². The number of methoxy groups -OCH3 is 1. The maximum absolute atomic E-state index is 13.4. The second-order valence-electron chi connectivity index (χ2n) is 8.12. The van der Waals surface area contributed by atoms with Crippen LogP contribution in [0.1, 0.15) is 29.2 Å². The molecule has 0 saturated carbocycles. The number of rotatable bonds is 11. The lowest BCUT2D eigenvalue weighted by molar-refractivity contribution is -0.113. The van der Waals surface area contributed by atoms with Crippen LogP contribution in [0, 0.1) is 5.82 Å². The van der Waals surface area contributed by atoms with Gasteiger partial charge in [0.15, 0.2) is 17.1 Å². The standard InChI is InChI=1S/C27H24ClFN4O4S2/c1-4-12-33-24(16(2)37-21-11-10-18(29)13-20(21)28)31-32-27(33)39-15-22(34)30-25-23(26(35)36-3)19(14-38-25)17-8-6-5-7-9-17/h4-11,13-14,16H,1,12,15H2,2-3H3,(H,30,34). The first kappa shape index (κ1) is 28.3. The zero-order chi connectivity index (χ0) is 27.9. The van der Waals surface area contributed by atoms with E-state index in [0.29, 0.717) is 39.4 Å². The SMILES string of the molecule is C=CCn1c(SCC(=O)Nc2scc(-c3ccccc3)c2C(=O)OC)nnc1C(C)Oc1ccc(F)cc1Cl. The Balaban J connectivity index is 1.47. The minimum atomic E-state index is -0.575. The number of ether oxygens (including phenoxy) is 2. The molecular weight excluding hydrogens is 563 g/mol. The lowest BCUT2D eigenvalue weighted by atomic mass is 10.0. The van der Waals surface area contributed by atoms with Crippen molar-refractivity contribution in [2.45, 2.75) is 24.7 Å². The van der Waals surface area contributed by atoms with Crippen molar-refractivity contribution in [2.24, 2.45) is 0 Å². The summed E-state index contributed by atoms with van der Waals surface area (Å²) in [4.78, 5) is 25.4. The van der Waals surface area contributed by atoms with E-state index in [-0.39, 0.29) is 16.7 Å². The summed E-state index contributed by atoms with van der Waals surface area (Å²) in [5.41, 5.74) is 1.82. The van der Waals surface area contributed by atoms with Crippen LogP contribution >= 0.6 is 34.7 Å². The lowest BCUT2D eigenvalue weighted by Gasteiger charge is -2.16. The summed E-state index contributed by atoms with van der Waals surface area (Å²) in [7, 11) is 1.30. The van der Waals surface area contributed by atoms with Crippen LogP contribution < -0.4 is 10.1 Å². The highest BCUT2D eigenvalue weighted by Gasteiger charge is 2.24. The third-order valence-corrected chi connectivity index (χ3v) is 7.63. The smallest absolute Gasteiger partial charge is 0.341 e. The van der Waals surface area contributed by atoms with E-state index >= 15 is 0 Å². The molecule has 4 rings (SSSR count). The number of allylic oxidation sites excluding steroid dienone is 1. The average molecular weight is 587 g/mol. The summed E-state index contributed by atoms with van der Waals surface area (Å²) in [5, 5.41) is 14.1. The number of anilines is 1. The number of nitrogens with one attached hydrogen (secondary N) is 1. The normalized spacial score (nSPS) is 11.6. The maximum atomic E-state index is 13.4. The molecule has 1 amide bonds. The van der Waals surface area contributed by atoms with Gasteiger partial charge in [0.2, 0.25) is 5.91 Å². The van der Waals surface area contributed by atoms with Crippen molar-refractivity contribution < 1.29 is 23.5 Å². The van der Waals surface area contributed by atoms with Crippen LogP contribution in [0.5, 0.6) is 5.75 Å². The van der Waals surface area contributed by atoms with Crippen molar-refractivity contribution in [3.8, 4) is 16.9 Å². The molecule has 0 aliphatic heterocycles. The van der Waals surface area contributed by atoms with E-state index in [1.54, 1.807) is 17.6 Å². The molecule has 4 aromatic rings. The Morgan fingerprint density at radius 2 is 2.03 bits per heavy atom. The highest BCUT2D eigenvalue weighted by atomic mass is 35.5. The molecule has 0 fully saturated rings. The van der Waals surface area contributed by atoms with Crippen LogP contribution in [0.3, 0.4) is 0 Å². The number of carbonyl (C=O) groups excluding carboxylic acids is 2. The van der Waals surface area contributed by atoms with Gasteiger partial charge in [0.1, 0.15) is 22.1 Å². The lowest BCUT2D eigenvalue weighted by Crippen LogP contribution is -2.17. The number of aromatic nitrogens is 3. The molecule has 1 atom stereocenters. The molecule has 0 spiro atoms. The largest absolute Gasteiger partial charge is 0.481 e. The Hall–Kier alpha value is -3.67. The Kier molecular flexibility index (Phi) is 9.39. The molecule has 1 N–H and O–H groups in total. The molecule has 0 aliphatic rings. The Morgan fingerprint density at radius 3 is 2.72 bits per heavy atom.